The average Bonchev–Trinajstić information content (AvgIpc) is 2.97. The number of urea groups is 1. The number of rotatable bonds is 3. The van der Waals surface area contributed by atoms with Crippen LogP contribution in [-0.4, -0.2) is 12.8 Å². The number of amides is 2. The molecule has 1 aliphatic heterocycles. The van der Waals surface area contributed by atoms with Crippen molar-refractivity contribution in [3.8, 4) is 11.5 Å². The molecule has 1 aliphatic rings. The minimum atomic E-state index is -0.373. The number of hydrogen-bond donors (Lipinski definition) is 2. The van der Waals surface area contributed by atoms with Crippen LogP contribution >= 0.6 is 23.2 Å². The van der Waals surface area contributed by atoms with Crippen LogP contribution in [0.15, 0.2) is 36.4 Å². The highest BCUT2D eigenvalue weighted by Crippen LogP contribution is 2.32. The maximum absolute atomic E-state index is 11.9. The standard InChI is InChI=1S/C15H12Cl2N2O3/c16-10-2-1-3-11(14(10)17)19-15(20)18-7-9-4-5-12-13(6-9)22-8-21-12/h1-6H,7-8H2,(H2,18,19,20). The van der Waals surface area contributed by atoms with Gasteiger partial charge in [0.1, 0.15) is 0 Å². The molecule has 0 aromatic heterocycles. The number of anilines is 1. The summed E-state index contributed by atoms with van der Waals surface area (Å²) in [6.07, 6.45) is 0. The zero-order valence-electron chi connectivity index (χ0n) is 11.4. The lowest BCUT2D eigenvalue weighted by Gasteiger charge is -2.10. The van der Waals surface area contributed by atoms with E-state index in [1.165, 1.54) is 0 Å². The topological polar surface area (TPSA) is 59.6 Å². The second kappa shape index (κ2) is 6.34. The Labute approximate surface area is 137 Å². The van der Waals surface area contributed by atoms with Gasteiger partial charge < -0.3 is 20.1 Å². The number of benzene rings is 2. The van der Waals surface area contributed by atoms with Gasteiger partial charge in [-0.15, -0.1) is 0 Å². The maximum Gasteiger partial charge on any atom is 0.319 e. The Morgan fingerprint density at radius 2 is 1.95 bits per heavy atom. The molecule has 2 aromatic rings. The zero-order valence-corrected chi connectivity index (χ0v) is 12.9. The number of halogens is 2. The van der Waals surface area contributed by atoms with Crippen LogP contribution in [0, 0.1) is 0 Å². The fourth-order valence-electron chi connectivity index (χ4n) is 2.00. The van der Waals surface area contributed by atoms with Gasteiger partial charge in [0.05, 0.1) is 15.7 Å². The summed E-state index contributed by atoms with van der Waals surface area (Å²) in [6.45, 7) is 0.570. The predicted molar refractivity (Wildman–Crippen MR) is 84.9 cm³/mol. The van der Waals surface area contributed by atoms with E-state index in [1.807, 2.05) is 18.2 Å². The van der Waals surface area contributed by atoms with Gasteiger partial charge in [0.2, 0.25) is 6.79 Å². The summed E-state index contributed by atoms with van der Waals surface area (Å²) in [4.78, 5) is 11.9. The summed E-state index contributed by atoms with van der Waals surface area (Å²) in [5.74, 6) is 1.39. The Bertz CT molecular complexity index is 722. The number of hydrogen-bond acceptors (Lipinski definition) is 3. The first kappa shape index (κ1) is 14.8. The Hall–Kier alpha value is -2.11. The molecule has 2 aromatic carbocycles. The Morgan fingerprint density at radius 3 is 2.82 bits per heavy atom. The van der Waals surface area contributed by atoms with E-state index in [-0.39, 0.29) is 12.8 Å². The molecule has 0 radical (unpaired) electrons. The predicted octanol–water partition coefficient (Wildman–Crippen LogP) is 4.04. The second-order valence-electron chi connectivity index (χ2n) is 4.60. The second-order valence-corrected chi connectivity index (χ2v) is 5.38. The van der Waals surface area contributed by atoms with Gasteiger partial charge in [-0.3, -0.25) is 0 Å². The third kappa shape index (κ3) is 3.21. The van der Waals surface area contributed by atoms with Gasteiger partial charge in [-0.2, -0.15) is 0 Å². The highest BCUT2D eigenvalue weighted by molar-refractivity contribution is 6.43. The number of fused-ring (bicyclic) bond motifs is 1. The Morgan fingerprint density at radius 1 is 1.14 bits per heavy atom. The van der Waals surface area contributed by atoms with Crippen LogP contribution in [0.1, 0.15) is 5.56 Å². The summed E-state index contributed by atoms with van der Waals surface area (Å²) < 4.78 is 10.5. The van der Waals surface area contributed by atoms with Gasteiger partial charge >= 0.3 is 6.03 Å². The van der Waals surface area contributed by atoms with E-state index in [0.717, 1.165) is 5.56 Å². The SMILES string of the molecule is O=C(NCc1ccc2c(c1)OCO2)Nc1cccc(Cl)c1Cl. The van der Waals surface area contributed by atoms with E-state index in [0.29, 0.717) is 33.8 Å². The van der Waals surface area contributed by atoms with Crippen LogP contribution in [0.5, 0.6) is 11.5 Å². The number of carbonyl (C=O) groups excluding carboxylic acids is 1. The van der Waals surface area contributed by atoms with E-state index >= 15 is 0 Å². The molecule has 0 saturated carbocycles. The smallest absolute Gasteiger partial charge is 0.319 e. The zero-order chi connectivity index (χ0) is 15.5. The van der Waals surface area contributed by atoms with E-state index in [9.17, 15) is 4.79 Å². The minimum absolute atomic E-state index is 0.222. The summed E-state index contributed by atoms with van der Waals surface area (Å²) in [6, 6.07) is 10.2. The highest BCUT2D eigenvalue weighted by Gasteiger charge is 2.13. The van der Waals surface area contributed by atoms with Crippen molar-refractivity contribution >= 4 is 34.9 Å². The lowest BCUT2D eigenvalue weighted by molar-refractivity contribution is 0.174. The lowest BCUT2D eigenvalue weighted by Crippen LogP contribution is -2.28. The summed E-state index contributed by atoms with van der Waals surface area (Å²) >= 11 is 11.9. The molecule has 0 saturated heterocycles. The van der Waals surface area contributed by atoms with Crippen LogP contribution < -0.4 is 20.1 Å². The van der Waals surface area contributed by atoms with Crippen molar-refractivity contribution in [3.05, 3.63) is 52.0 Å². The summed E-state index contributed by atoms with van der Waals surface area (Å²) in [5.41, 5.74) is 1.36. The van der Waals surface area contributed by atoms with Crippen LogP contribution in [0.4, 0.5) is 10.5 Å². The molecule has 0 aliphatic carbocycles. The summed E-state index contributed by atoms with van der Waals surface area (Å²) in [5, 5.41) is 6.08. The van der Waals surface area contributed by atoms with Crippen molar-refractivity contribution in [1.82, 2.24) is 5.32 Å². The Balaban J connectivity index is 1.59. The van der Waals surface area contributed by atoms with Crippen molar-refractivity contribution < 1.29 is 14.3 Å². The molecule has 22 heavy (non-hydrogen) atoms. The molecule has 2 N–H and O–H groups in total. The quantitative estimate of drug-likeness (QED) is 0.887. The highest BCUT2D eigenvalue weighted by atomic mass is 35.5. The Kier molecular flexibility index (Phi) is 4.27. The summed E-state index contributed by atoms with van der Waals surface area (Å²) in [7, 11) is 0. The molecule has 114 valence electrons. The minimum Gasteiger partial charge on any atom is -0.454 e. The van der Waals surface area contributed by atoms with Gasteiger partial charge in [-0.1, -0.05) is 35.3 Å². The molecule has 1 heterocycles. The van der Waals surface area contributed by atoms with Crippen LogP contribution in [0.25, 0.3) is 0 Å². The van der Waals surface area contributed by atoms with Crippen molar-refractivity contribution in [1.29, 1.82) is 0 Å². The van der Waals surface area contributed by atoms with Gasteiger partial charge in [0.25, 0.3) is 0 Å². The molecule has 7 heteroatoms. The molecular formula is C15H12Cl2N2O3. The molecule has 0 spiro atoms. The van der Waals surface area contributed by atoms with Crippen molar-refractivity contribution in [2.75, 3.05) is 12.1 Å². The first-order valence-electron chi connectivity index (χ1n) is 6.51. The van der Waals surface area contributed by atoms with E-state index < -0.39 is 0 Å². The average molecular weight is 339 g/mol. The van der Waals surface area contributed by atoms with Gasteiger partial charge in [0.15, 0.2) is 11.5 Å². The molecule has 0 bridgehead atoms. The number of ether oxygens (including phenoxy) is 2. The fraction of sp³-hybridized carbons (Fsp3) is 0.133. The number of nitrogens with one attached hydrogen (secondary N) is 2. The van der Waals surface area contributed by atoms with Crippen LogP contribution in [0.2, 0.25) is 10.0 Å². The normalized spacial score (nSPS) is 12.1. The third-order valence-corrected chi connectivity index (χ3v) is 3.91. The molecule has 2 amide bonds. The van der Waals surface area contributed by atoms with E-state index in [1.54, 1.807) is 18.2 Å². The first-order valence-corrected chi connectivity index (χ1v) is 7.26. The van der Waals surface area contributed by atoms with Crippen molar-refractivity contribution in [3.63, 3.8) is 0 Å². The van der Waals surface area contributed by atoms with Crippen LogP contribution in [0.3, 0.4) is 0 Å². The van der Waals surface area contributed by atoms with Gasteiger partial charge in [-0.05, 0) is 29.8 Å². The van der Waals surface area contributed by atoms with Crippen molar-refractivity contribution in [2.24, 2.45) is 0 Å². The molecule has 5 nitrogen and oxygen atoms in total. The maximum atomic E-state index is 11.9. The van der Waals surface area contributed by atoms with E-state index in [2.05, 4.69) is 10.6 Å². The largest absolute Gasteiger partial charge is 0.454 e. The third-order valence-electron chi connectivity index (χ3n) is 3.09. The van der Waals surface area contributed by atoms with Crippen molar-refractivity contribution in [2.45, 2.75) is 6.54 Å². The van der Waals surface area contributed by atoms with E-state index in [4.69, 9.17) is 32.7 Å². The molecule has 0 fully saturated rings. The molecule has 0 unspecified atom stereocenters. The number of carbonyl (C=O) groups is 1. The van der Waals surface area contributed by atoms with Gasteiger partial charge in [0, 0.05) is 6.54 Å². The molecule has 0 atom stereocenters. The lowest BCUT2D eigenvalue weighted by atomic mass is 10.2. The molecule has 3 rings (SSSR count). The monoisotopic (exact) mass is 338 g/mol. The fourth-order valence-corrected chi connectivity index (χ4v) is 2.35. The van der Waals surface area contributed by atoms with Crippen LogP contribution in [-0.2, 0) is 6.54 Å². The van der Waals surface area contributed by atoms with Gasteiger partial charge in [-0.25, -0.2) is 4.79 Å². The first-order chi connectivity index (χ1) is 10.6. The molecular weight excluding hydrogens is 327 g/mol.